The van der Waals surface area contributed by atoms with Gasteiger partial charge >= 0.3 is 0 Å². The number of carbonyl (C=O) groups is 1. The van der Waals surface area contributed by atoms with Crippen LogP contribution in [0.4, 0.5) is 0 Å². The van der Waals surface area contributed by atoms with Gasteiger partial charge in [0.25, 0.3) is 0 Å². The molecule has 2 aliphatic rings. The third-order valence-corrected chi connectivity index (χ3v) is 4.35. The van der Waals surface area contributed by atoms with E-state index >= 15 is 0 Å². The van der Waals surface area contributed by atoms with Crippen molar-refractivity contribution in [3.63, 3.8) is 0 Å². The fourth-order valence-electron chi connectivity index (χ4n) is 3.56. The molecule has 2 saturated carbocycles. The van der Waals surface area contributed by atoms with E-state index in [1.54, 1.807) is 0 Å². The summed E-state index contributed by atoms with van der Waals surface area (Å²) < 4.78 is 0. The van der Waals surface area contributed by atoms with Crippen LogP contribution in [0, 0.1) is 30.1 Å². The number of nitrogens with zero attached hydrogens (tertiary/aromatic N) is 1. The van der Waals surface area contributed by atoms with E-state index in [2.05, 4.69) is 12.8 Å². The fourth-order valence-corrected chi connectivity index (χ4v) is 3.56. The molecule has 3 heteroatoms. The number of terminal acetylenes is 1. The van der Waals surface area contributed by atoms with E-state index in [4.69, 9.17) is 12.2 Å². The second-order valence-electron chi connectivity index (χ2n) is 5.40. The Balaban J connectivity index is 2.05. The van der Waals surface area contributed by atoms with Crippen molar-refractivity contribution >= 4 is 5.91 Å². The van der Waals surface area contributed by atoms with Crippen molar-refractivity contribution in [2.24, 2.45) is 23.5 Å². The van der Waals surface area contributed by atoms with Gasteiger partial charge in [0, 0.05) is 12.6 Å². The van der Waals surface area contributed by atoms with Crippen LogP contribution in [-0.4, -0.2) is 29.9 Å². The molecular weight excluding hydrogens is 212 g/mol. The van der Waals surface area contributed by atoms with Crippen LogP contribution in [0.5, 0.6) is 0 Å². The first-order valence-electron chi connectivity index (χ1n) is 6.66. The Kier molecular flexibility index (Phi) is 3.73. The SMILES string of the molecule is C#CCN(CCC)C(=O)C1C2CCC(C2)C1N. The highest BCUT2D eigenvalue weighted by atomic mass is 16.2. The van der Waals surface area contributed by atoms with E-state index in [-0.39, 0.29) is 17.9 Å². The lowest BCUT2D eigenvalue weighted by molar-refractivity contribution is -0.137. The zero-order chi connectivity index (χ0) is 12.4. The molecule has 4 atom stereocenters. The Morgan fingerprint density at radius 2 is 2.18 bits per heavy atom. The largest absolute Gasteiger partial charge is 0.331 e. The van der Waals surface area contributed by atoms with Crippen molar-refractivity contribution in [2.45, 2.75) is 38.6 Å². The molecule has 2 rings (SSSR count). The summed E-state index contributed by atoms with van der Waals surface area (Å²) in [5.74, 6) is 3.90. The van der Waals surface area contributed by atoms with Crippen molar-refractivity contribution < 1.29 is 4.79 Å². The lowest BCUT2D eigenvalue weighted by Gasteiger charge is -2.31. The number of amides is 1. The van der Waals surface area contributed by atoms with Gasteiger partial charge in [0.1, 0.15) is 0 Å². The summed E-state index contributed by atoms with van der Waals surface area (Å²) >= 11 is 0. The van der Waals surface area contributed by atoms with E-state index in [9.17, 15) is 4.79 Å². The maximum atomic E-state index is 12.5. The van der Waals surface area contributed by atoms with Gasteiger partial charge in [-0.3, -0.25) is 4.79 Å². The quantitative estimate of drug-likeness (QED) is 0.744. The summed E-state index contributed by atoms with van der Waals surface area (Å²) in [5, 5.41) is 0. The molecule has 0 saturated heterocycles. The molecule has 1 amide bonds. The van der Waals surface area contributed by atoms with Gasteiger partial charge in [0.05, 0.1) is 12.5 Å². The minimum atomic E-state index is 0.0358. The molecule has 0 aliphatic heterocycles. The van der Waals surface area contributed by atoms with Gasteiger partial charge in [0.15, 0.2) is 0 Å². The molecule has 4 unspecified atom stereocenters. The molecule has 0 spiro atoms. The van der Waals surface area contributed by atoms with Gasteiger partial charge in [-0.05, 0) is 37.5 Å². The second kappa shape index (κ2) is 5.10. The Hall–Kier alpha value is -1.01. The number of fused-ring (bicyclic) bond motifs is 2. The lowest BCUT2D eigenvalue weighted by atomic mass is 9.84. The first-order chi connectivity index (χ1) is 8.19. The molecule has 2 bridgehead atoms. The maximum Gasteiger partial charge on any atom is 0.228 e. The average Bonchev–Trinajstić information content (AvgIpc) is 2.88. The van der Waals surface area contributed by atoms with Crippen LogP contribution in [0.1, 0.15) is 32.6 Å². The molecule has 2 fully saturated rings. The highest BCUT2D eigenvalue weighted by Gasteiger charge is 2.49. The van der Waals surface area contributed by atoms with Crippen LogP contribution in [0.3, 0.4) is 0 Å². The topological polar surface area (TPSA) is 46.3 Å². The maximum absolute atomic E-state index is 12.5. The zero-order valence-electron chi connectivity index (χ0n) is 10.6. The fraction of sp³-hybridized carbons (Fsp3) is 0.786. The van der Waals surface area contributed by atoms with Crippen molar-refractivity contribution in [1.29, 1.82) is 0 Å². The molecule has 0 heterocycles. The minimum Gasteiger partial charge on any atom is -0.331 e. The number of hydrogen-bond acceptors (Lipinski definition) is 2. The van der Waals surface area contributed by atoms with Crippen molar-refractivity contribution in [3.05, 3.63) is 0 Å². The van der Waals surface area contributed by atoms with E-state index in [1.807, 2.05) is 4.90 Å². The lowest BCUT2D eigenvalue weighted by Crippen LogP contribution is -2.47. The molecule has 0 aromatic heterocycles. The van der Waals surface area contributed by atoms with Gasteiger partial charge in [-0.15, -0.1) is 6.42 Å². The Labute approximate surface area is 104 Å². The number of hydrogen-bond donors (Lipinski definition) is 1. The summed E-state index contributed by atoms with van der Waals surface area (Å²) in [7, 11) is 0. The third kappa shape index (κ3) is 2.19. The van der Waals surface area contributed by atoms with Crippen LogP contribution in [0.15, 0.2) is 0 Å². The van der Waals surface area contributed by atoms with E-state index in [0.29, 0.717) is 18.4 Å². The Bertz CT molecular complexity index is 332. The molecule has 2 N–H and O–H groups in total. The standard InChI is InChI=1S/C14H22N2O/c1-3-7-16(8-4-2)14(17)12-10-5-6-11(9-10)13(12)15/h1,10-13H,4-9,15H2,2H3. The average molecular weight is 234 g/mol. The van der Waals surface area contributed by atoms with E-state index < -0.39 is 0 Å². The van der Waals surface area contributed by atoms with Crippen molar-refractivity contribution in [2.75, 3.05) is 13.1 Å². The van der Waals surface area contributed by atoms with Crippen molar-refractivity contribution in [1.82, 2.24) is 4.90 Å². The molecule has 17 heavy (non-hydrogen) atoms. The van der Waals surface area contributed by atoms with Crippen molar-refractivity contribution in [3.8, 4) is 12.3 Å². The first-order valence-corrected chi connectivity index (χ1v) is 6.66. The predicted molar refractivity (Wildman–Crippen MR) is 68.0 cm³/mol. The Morgan fingerprint density at radius 1 is 1.47 bits per heavy atom. The molecular formula is C14H22N2O. The zero-order valence-corrected chi connectivity index (χ0v) is 10.6. The third-order valence-electron chi connectivity index (χ3n) is 4.35. The highest BCUT2D eigenvalue weighted by molar-refractivity contribution is 5.80. The smallest absolute Gasteiger partial charge is 0.228 e. The summed E-state index contributed by atoms with van der Waals surface area (Å²) in [5.41, 5.74) is 6.20. The minimum absolute atomic E-state index is 0.0358. The molecule has 2 aliphatic carbocycles. The molecule has 94 valence electrons. The normalized spacial score (nSPS) is 34.6. The van der Waals surface area contributed by atoms with Gasteiger partial charge in [0.2, 0.25) is 5.91 Å². The van der Waals surface area contributed by atoms with Gasteiger partial charge in [-0.25, -0.2) is 0 Å². The van der Waals surface area contributed by atoms with Crippen LogP contribution in [0.25, 0.3) is 0 Å². The highest BCUT2D eigenvalue weighted by Crippen LogP contribution is 2.48. The summed E-state index contributed by atoms with van der Waals surface area (Å²) in [6, 6.07) is 0.0679. The number of rotatable bonds is 4. The van der Waals surface area contributed by atoms with Gasteiger partial charge < -0.3 is 10.6 Å². The van der Waals surface area contributed by atoms with Crippen LogP contribution in [-0.2, 0) is 4.79 Å². The van der Waals surface area contributed by atoms with Crippen LogP contribution in [0.2, 0.25) is 0 Å². The van der Waals surface area contributed by atoms with Crippen LogP contribution < -0.4 is 5.73 Å². The summed E-state index contributed by atoms with van der Waals surface area (Å²) in [4.78, 5) is 14.3. The number of nitrogens with two attached hydrogens (primary N) is 1. The molecule has 0 aromatic carbocycles. The van der Waals surface area contributed by atoms with Gasteiger partial charge in [-0.1, -0.05) is 12.8 Å². The monoisotopic (exact) mass is 234 g/mol. The Morgan fingerprint density at radius 3 is 2.71 bits per heavy atom. The van der Waals surface area contributed by atoms with E-state index in [1.165, 1.54) is 12.8 Å². The molecule has 0 radical (unpaired) electrons. The number of carbonyl (C=O) groups excluding carboxylic acids is 1. The molecule has 3 nitrogen and oxygen atoms in total. The predicted octanol–water partition coefficient (Wildman–Crippen LogP) is 1.23. The second-order valence-corrected chi connectivity index (χ2v) is 5.40. The summed E-state index contributed by atoms with van der Waals surface area (Å²) in [6.07, 6.45) is 9.80. The molecule has 0 aromatic rings. The summed E-state index contributed by atoms with van der Waals surface area (Å²) in [6.45, 7) is 3.24. The van der Waals surface area contributed by atoms with E-state index in [0.717, 1.165) is 19.4 Å². The first kappa shape index (κ1) is 12.4. The van der Waals surface area contributed by atoms with Gasteiger partial charge in [-0.2, -0.15) is 0 Å². The van der Waals surface area contributed by atoms with Crippen LogP contribution >= 0.6 is 0 Å².